The number of fused-ring (bicyclic) bond motifs is 20. The topological polar surface area (TPSA) is 190 Å². The summed E-state index contributed by atoms with van der Waals surface area (Å²) in [6.07, 6.45) is 2.37. The maximum Gasteiger partial charge on any atom is 0.168 e. The summed E-state index contributed by atoms with van der Waals surface area (Å²) in [4.78, 5) is 34.9. The summed E-state index contributed by atoms with van der Waals surface area (Å²) < 4.78 is 0. The standard InChI is InChI=1S/C32H18N8O4.C17H28.4Ar/c41-17-9-1-5-13-21(17)29-33-25(13)37-30-22-14(6-2-10-18(22)42)27(34-30)39-32-24-16(8-4-12-20(24)44)28(36-32)40-31-23-15(26(35-31)38-29)7-3-11-19(23)43;1-8-16(4,5)14-11-10-13(3)15(12-14)17(6,7)9-2;;;;/h1-12,41-44H,(H2,33,34,35,36,37,38,39,40);10-12H,8-9H2,1-7H3;;;;. The zero-order valence-corrected chi connectivity index (χ0v) is 39.3. The number of benzene rings is 5. The molecule has 5 aromatic carbocycles. The fourth-order valence-corrected chi connectivity index (χ4v) is 8.08. The number of H-pyrrole nitrogens is 2. The first-order valence-electron chi connectivity index (χ1n) is 20.4. The van der Waals surface area contributed by atoms with Crippen molar-refractivity contribution >= 4 is 44.1 Å². The Morgan fingerprint density at radius 3 is 1.29 bits per heavy atom. The Morgan fingerprint density at radius 2 is 0.862 bits per heavy atom. The molecule has 12 nitrogen and oxygen atoms in total. The molecule has 0 unspecified atom stereocenters. The first-order valence-corrected chi connectivity index (χ1v) is 20.4. The van der Waals surface area contributed by atoms with Crippen molar-refractivity contribution in [1.29, 1.82) is 0 Å². The second-order valence-electron chi connectivity index (χ2n) is 16.9. The van der Waals surface area contributed by atoms with E-state index < -0.39 is 0 Å². The Morgan fingerprint density at radius 1 is 0.462 bits per heavy atom. The fourth-order valence-electron chi connectivity index (χ4n) is 8.08. The van der Waals surface area contributed by atoms with E-state index in [2.05, 4.69) is 76.6 Å². The predicted molar refractivity (Wildman–Crippen MR) is 241 cm³/mol. The number of nitrogens with one attached hydrogen (secondary N) is 2. The molecule has 2 aliphatic rings. The second-order valence-corrected chi connectivity index (χ2v) is 16.9. The van der Waals surface area contributed by atoms with Gasteiger partial charge in [-0.05, 0) is 71.6 Å². The van der Waals surface area contributed by atoms with Crippen molar-refractivity contribution in [3.05, 3.63) is 108 Å². The van der Waals surface area contributed by atoms with Crippen molar-refractivity contribution < 1.29 is 171 Å². The molecule has 3 aromatic heterocycles. The molecule has 8 aromatic rings. The number of aromatic hydroxyl groups is 4. The molecule has 6 N–H and O–H groups in total. The maximum absolute atomic E-state index is 10.9. The molecule has 0 saturated heterocycles. The average Bonchev–Trinajstić information content (AvgIpc) is 3.98. The number of hydrogen-bond acceptors (Lipinski definition) is 10. The van der Waals surface area contributed by atoms with Gasteiger partial charge in [-0.2, -0.15) is 0 Å². The normalized spacial score (nSPS) is 11.5. The maximum atomic E-state index is 10.9. The van der Waals surface area contributed by atoms with Crippen molar-refractivity contribution in [2.45, 2.75) is 72.1 Å². The minimum Gasteiger partial charge on any atom is -0.507 e. The van der Waals surface area contributed by atoms with Crippen LogP contribution in [0.1, 0.15) is 71.1 Å². The molecule has 0 radical (unpaired) electrons. The molecule has 338 valence electrons. The van der Waals surface area contributed by atoms with Gasteiger partial charge in [-0.3, -0.25) is 0 Å². The molecular weight excluding hydrogens is 924 g/mol. The zero-order valence-electron chi connectivity index (χ0n) is 36.5. The number of rotatable bonds is 4. The van der Waals surface area contributed by atoms with Gasteiger partial charge in [0.2, 0.25) is 0 Å². The van der Waals surface area contributed by atoms with Crippen molar-refractivity contribution in [2.24, 2.45) is 0 Å². The van der Waals surface area contributed by atoms with Crippen molar-refractivity contribution in [2.75, 3.05) is 0 Å². The Balaban J connectivity index is 0.000000325. The molecule has 0 saturated carbocycles. The van der Waals surface area contributed by atoms with E-state index in [1.54, 1.807) is 72.8 Å². The zero-order chi connectivity index (χ0) is 43.0. The third-order valence-corrected chi connectivity index (χ3v) is 12.4. The summed E-state index contributed by atoms with van der Waals surface area (Å²) in [5, 5.41) is 45.5. The number of phenolic OH excluding ortho intramolecular Hbond substituents is 4. The summed E-state index contributed by atoms with van der Waals surface area (Å²) >= 11 is 0. The van der Waals surface area contributed by atoms with Crippen LogP contribution < -0.4 is 0 Å². The predicted octanol–water partition coefficient (Wildman–Crippen LogP) is 11.1. The van der Waals surface area contributed by atoms with Gasteiger partial charge in [-0.25, -0.2) is 29.9 Å². The van der Waals surface area contributed by atoms with Crippen molar-refractivity contribution in [1.82, 2.24) is 39.9 Å². The third-order valence-electron chi connectivity index (χ3n) is 12.4. The van der Waals surface area contributed by atoms with Crippen LogP contribution in [0.3, 0.4) is 0 Å². The number of aromatic nitrogens is 8. The fraction of sp³-hybridized carbons (Fsp3) is 0.224. The van der Waals surface area contributed by atoms with Gasteiger partial charge >= 0.3 is 0 Å². The van der Waals surface area contributed by atoms with Crippen LogP contribution in [0.2, 0.25) is 0 Å². The third kappa shape index (κ3) is 9.94. The van der Waals surface area contributed by atoms with E-state index in [1.165, 1.54) is 29.5 Å². The molecule has 0 atom stereocenters. The molecule has 16 heteroatoms. The Kier molecular flexibility index (Phi) is 17.4. The molecule has 65 heavy (non-hydrogen) atoms. The summed E-state index contributed by atoms with van der Waals surface area (Å²) in [5.41, 5.74) is 8.04. The molecule has 2 aliphatic heterocycles. The smallest absolute Gasteiger partial charge is 0.168 e. The van der Waals surface area contributed by atoms with Gasteiger partial charge in [0.05, 0.1) is 21.9 Å². The average molecular weight is 971 g/mol. The minimum absolute atomic E-state index is 0. The quantitative estimate of drug-likeness (QED) is 0.0990. The van der Waals surface area contributed by atoms with Crippen LogP contribution in [0.25, 0.3) is 89.7 Å². The summed E-state index contributed by atoms with van der Waals surface area (Å²) in [5.74, 6) is 0.762. The van der Waals surface area contributed by atoms with Crippen LogP contribution in [0.4, 0.5) is 0 Å². The van der Waals surface area contributed by atoms with E-state index in [0.29, 0.717) is 55.1 Å². The van der Waals surface area contributed by atoms with Crippen LogP contribution in [-0.2, 0) is 10.8 Å². The van der Waals surface area contributed by atoms with Gasteiger partial charge < -0.3 is 30.4 Å². The van der Waals surface area contributed by atoms with Gasteiger partial charge in [-0.1, -0.05) is 108 Å². The van der Waals surface area contributed by atoms with Crippen LogP contribution in [0.15, 0.2) is 91.0 Å². The Labute approximate surface area is 496 Å². The first-order chi connectivity index (χ1) is 29.2. The number of nitrogens with zero attached hydrogens (tertiary/aromatic N) is 6. The van der Waals surface area contributed by atoms with E-state index in [0.717, 1.165) is 0 Å². The van der Waals surface area contributed by atoms with Crippen molar-refractivity contribution in [3.63, 3.8) is 0 Å². The summed E-state index contributed by atoms with van der Waals surface area (Å²) in [7, 11) is 0. The first kappa shape index (κ1) is 53.7. The van der Waals surface area contributed by atoms with Gasteiger partial charge in [0, 0.05) is 173 Å². The summed E-state index contributed by atoms with van der Waals surface area (Å²) in [6, 6.07) is 27.1. The largest absolute Gasteiger partial charge is 0.507 e. The van der Waals surface area contributed by atoms with Crippen LogP contribution in [0, 0.1) is 158 Å². The Hall–Kier alpha value is -2.30. The molecule has 5 heterocycles. The minimum atomic E-state index is -0.0360. The molecule has 0 aliphatic carbocycles. The molecule has 8 bridgehead atoms. The van der Waals surface area contributed by atoms with Crippen LogP contribution >= 0.6 is 0 Å². The van der Waals surface area contributed by atoms with Gasteiger partial charge in [0.1, 0.15) is 45.6 Å². The van der Waals surface area contributed by atoms with E-state index in [4.69, 9.17) is 29.9 Å². The van der Waals surface area contributed by atoms with E-state index >= 15 is 0 Å². The van der Waals surface area contributed by atoms with E-state index in [1.807, 2.05) is 0 Å². The SMILES string of the molecule is CCC(C)(C)c1ccc(C)c(C(C)(C)CC)c1.Oc1cccc2c1-c1nc-2nc2[nH]c(nc3nc(nc4[nH]c(n1)c1cccc(O)c41)-c1cccc(O)c1-3)c1cccc(O)c21.[Ar].[Ar].[Ar].[Ar]. The number of phenols is 4. The Bertz CT molecular complexity index is 3100. The molecule has 10 rings (SSSR count). The van der Waals surface area contributed by atoms with Gasteiger partial charge in [0.15, 0.2) is 23.3 Å². The van der Waals surface area contributed by atoms with E-state index in [-0.39, 0.29) is 219 Å². The molecular formula is C49H46Ar4N8O4. The van der Waals surface area contributed by atoms with Gasteiger partial charge in [0.25, 0.3) is 0 Å². The molecule has 0 fully saturated rings. The molecule has 0 amide bonds. The van der Waals surface area contributed by atoms with Crippen LogP contribution in [-0.4, -0.2) is 60.3 Å². The second kappa shape index (κ2) is 21.1. The number of aryl methyl sites for hydroxylation is 1. The van der Waals surface area contributed by atoms with Crippen molar-refractivity contribution in [3.8, 4) is 68.5 Å². The van der Waals surface area contributed by atoms with Crippen LogP contribution in [0.5, 0.6) is 23.0 Å². The monoisotopic (exact) mass is 970 g/mol. The molecule has 0 spiro atoms. The van der Waals surface area contributed by atoms with Gasteiger partial charge in [-0.15, -0.1) is 0 Å². The summed E-state index contributed by atoms with van der Waals surface area (Å²) in [6.45, 7) is 16.1. The number of aromatic amines is 2. The number of hydrogen-bond donors (Lipinski definition) is 6. The van der Waals surface area contributed by atoms with E-state index in [9.17, 15) is 20.4 Å².